The highest BCUT2D eigenvalue weighted by Crippen LogP contribution is 2.19. The van der Waals surface area contributed by atoms with E-state index in [4.69, 9.17) is 10.8 Å². The summed E-state index contributed by atoms with van der Waals surface area (Å²) in [4.78, 5) is 0. The van der Waals surface area contributed by atoms with Gasteiger partial charge in [0, 0.05) is 12.1 Å². The van der Waals surface area contributed by atoms with Crippen molar-refractivity contribution in [1.82, 2.24) is 5.32 Å². The molecule has 4 heteroatoms. The van der Waals surface area contributed by atoms with Crippen LogP contribution in [0.5, 0.6) is 5.75 Å². The maximum Gasteiger partial charge on any atom is 0.121 e. The lowest BCUT2D eigenvalue weighted by Gasteiger charge is -2.14. The summed E-state index contributed by atoms with van der Waals surface area (Å²) in [6.45, 7) is 0.441. The molecule has 13 heavy (non-hydrogen) atoms. The summed E-state index contributed by atoms with van der Waals surface area (Å²) >= 11 is 0. The molecule has 0 heterocycles. The molecule has 5 N–H and O–H groups in total. The van der Waals surface area contributed by atoms with Crippen molar-refractivity contribution >= 4 is 0 Å². The first-order chi connectivity index (χ1) is 6.25. The standard InChI is InChI=1S/C9H14N2O2/c10-9(11-5-6-12)7-3-1-2-4-8(7)13/h1-4,9,11-13H,5-6,10H2. The van der Waals surface area contributed by atoms with Gasteiger partial charge in [0.1, 0.15) is 5.75 Å². The van der Waals surface area contributed by atoms with E-state index in [-0.39, 0.29) is 12.4 Å². The number of phenolic OH excluding ortho intramolecular Hbond substituents is 1. The third-order valence-electron chi connectivity index (χ3n) is 1.75. The van der Waals surface area contributed by atoms with Crippen molar-refractivity contribution < 1.29 is 10.2 Å². The number of aromatic hydroxyl groups is 1. The topological polar surface area (TPSA) is 78.5 Å². The highest BCUT2D eigenvalue weighted by molar-refractivity contribution is 5.33. The van der Waals surface area contributed by atoms with Crippen LogP contribution in [-0.4, -0.2) is 23.4 Å². The fraction of sp³-hybridized carbons (Fsp3) is 0.333. The zero-order chi connectivity index (χ0) is 9.68. The average Bonchev–Trinajstić information content (AvgIpc) is 2.15. The number of aliphatic hydroxyl groups is 1. The maximum absolute atomic E-state index is 9.40. The number of rotatable bonds is 4. The molecule has 0 saturated carbocycles. The Hall–Kier alpha value is -1.10. The van der Waals surface area contributed by atoms with Crippen molar-refractivity contribution in [3.8, 4) is 5.75 Å². The number of phenols is 1. The molecule has 0 bridgehead atoms. The minimum Gasteiger partial charge on any atom is -0.508 e. The van der Waals surface area contributed by atoms with Gasteiger partial charge in [-0.25, -0.2) is 0 Å². The van der Waals surface area contributed by atoms with Crippen LogP contribution in [0.4, 0.5) is 0 Å². The van der Waals surface area contributed by atoms with Crippen LogP contribution in [0.3, 0.4) is 0 Å². The molecule has 1 rings (SSSR count). The summed E-state index contributed by atoms with van der Waals surface area (Å²) in [5.41, 5.74) is 6.33. The van der Waals surface area contributed by atoms with E-state index in [1.165, 1.54) is 0 Å². The van der Waals surface area contributed by atoms with Gasteiger partial charge in [0.05, 0.1) is 12.8 Å². The fourth-order valence-corrected chi connectivity index (χ4v) is 1.08. The number of nitrogens with one attached hydrogen (secondary N) is 1. The van der Waals surface area contributed by atoms with Crippen molar-refractivity contribution in [2.45, 2.75) is 6.17 Å². The molecule has 0 fully saturated rings. The van der Waals surface area contributed by atoms with E-state index in [0.717, 1.165) is 0 Å². The molecule has 0 radical (unpaired) electrons. The van der Waals surface area contributed by atoms with Gasteiger partial charge in [0.25, 0.3) is 0 Å². The first kappa shape index (κ1) is 9.98. The highest BCUT2D eigenvalue weighted by Gasteiger charge is 2.07. The lowest BCUT2D eigenvalue weighted by Crippen LogP contribution is -2.30. The van der Waals surface area contributed by atoms with E-state index >= 15 is 0 Å². The van der Waals surface area contributed by atoms with Gasteiger partial charge in [-0.2, -0.15) is 0 Å². The fourth-order valence-electron chi connectivity index (χ4n) is 1.08. The summed E-state index contributed by atoms with van der Waals surface area (Å²) in [7, 11) is 0. The van der Waals surface area contributed by atoms with Crippen molar-refractivity contribution in [3.63, 3.8) is 0 Å². The summed E-state index contributed by atoms with van der Waals surface area (Å²) in [5, 5.41) is 20.8. The molecule has 0 saturated heterocycles. The summed E-state index contributed by atoms with van der Waals surface area (Å²) in [5.74, 6) is 0.167. The van der Waals surface area contributed by atoms with Gasteiger partial charge in [-0.15, -0.1) is 0 Å². The van der Waals surface area contributed by atoms with Crippen LogP contribution in [0.25, 0.3) is 0 Å². The number of aliphatic hydroxyl groups excluding tert-OH is 1. The molecule has 0 aromatic heterocycles. The van der Waals surface area contributed by atoms with Gasteiger partial charge in [0.2, 0.25) is 0 Å². The van der Waals surface area contributed by atoms with E-state index in [2.05, 4.69) is 5.32 Å². The van der Waals surface area contributed by atoms with Crippen molar-refractivity contribution in [2.75, 3.05) is 13.2 Å². The Balaban J connectivity index is 2.65. The zero-order valence-electron chi connectivity index (χ0n) is 7.27. The van der Waals surface area contributed by atoms with Crippen LogP contribution < -0.4 is 11.1 Å². The monoisotopic (exact) mass is 182 g/mol. The lowest BCUT2D eigenvalue weighted by atomic mass is 10.1. The number of hydrogen-bond donors (Lipinski definition) is 4. The molecule has 0 aliphatic rings. The van der Waals surface area contributed by atoms with Gasteiger partial charge in [-0.1, -0.05) is 18.2 Å². The molecule has 0 aliphatic carbocycles. The maximum atomic E-state index is 9.40. The van der Waals surface area contributed by atoms with E-state index in [1.54, 1.807) is 24.3 Å². The Labute approximate surface area is 77.0 Å². The van der Waals surface area contributed by atoms with Crippen molar-refractivity contribution in [3.05, 3.63) is 29.8 Å². The molecule has 1 aromatic rings. The summed E-state index contributed by atoms with van der Waals surface area (Å²) in [6.07, 6.45) is -0.437. The smallest absolute Gasteiger partial charge is 0.121 e. The van der Waals surface area contributed by atoms with E-state index in [0.29, 0.717) is 12.1 Å². The molecular formula is C9H14N2O2. The predicted octanol–water partition coefficient (Wildman–Crippen LogP) is -0.0686. The number of nitrogens with two attached hydrogens (primary N) is 1. The quantitative estimate of drug-likeness (QED) is 0.492. The van der Waals surface area contributed by atoms with Crippen LogP contribution in [0.2, 0.25) is 0 Å². The number of para-hydroxylation sites is 1. The Morgan fingerprint density at radius 1 is 1.38 bits per heavy atom. The average molecular weight is 182 g/mol. The molecule has 0 aliphatic heterocycles. The second kappa shape index (κ2) is 4.81. The van der Waals surface area contributed by atoms with E-state index in [1.807, 2.05) is 0 Å². The van der Waals surface area contributed by atoms with Gasteiger partial charge in [-0.3, -0.25) is 5.32 Å². The first-order valence-corrected chi connectivity index (χ1v) is 4.13. The van der Waals surface area contributed by atoms with Crippen LogP contribution in [-0.2, 0) is 0 Å². The second-order valence-corrected chi connectivity index (χ2v) is 2.71. The second-order valence-electron chi connectivity index (χ2n) is 2.71. The Kier molecular flexibility index (Phi) is 3.70. The third-order valence-corrected chi connectivity index (χ3v) is 1.75. The molecule has 0 spiro atoms. The summed E-state index contributed by atoms with van der Waals surface area (Å²) < 4.78 is 0. The molecular weight excluding hydrogens is 168 g/mol. The molecule has 72 valence electrons. The van der Waals surface area contributed by atoms with Crippen LogP contribution >= 0.6 is 0 Å². The van der Waals surface area contributed by atoms with Gasteiger partial charge in [-0.05, 0) is 6.07 Å². The van der Waals surface area contributed by atoms with Gasteiger partial charge < -0.3 is 15.9 Å². The normalized spacial score (nSPS) is 12.8. The largest absolute Gasteiger partial charge is 0.508 e. The van der Waals surface area contributed by atoms with Gasteiger partial charge >= 0.3 is 0 Å². The minimum atomic E-state index is -0.437. The predicted molar refractivity (Wildman–Crippen MR) is 50.1 cm³/mol. The van der Waals surface area contributed by atoms with Crippen LogP contribution in [0.15, 0.2) is 24.3 Å². The van der Waals surface area contributed by atoms with Crippen LogP contribution in [0.1, 0.15) is 11.7 Å². The third kappa shape index (κ3) is 2.69. The number of hydrogen-bond acceptors (Lipinski definition) is 4. The zero-order valence-corrected chi connectivity index (χ0v) is 7.27. The SMILES string of the molecule is NC(NCCO)c1ccccc1O. The van der Waals surface area contributed by atoms with E-state index < -0.39 is 6.17 Å². The lowest BCUT2D eigenvalue weighted by molar-refractivity contribution is 0.284. The van der Waals surface area contributed by atoms with Crippen LogP contribution in [0, 0.1) is 0 Å². The Morgan fingerprint density at radius 3 is 2.69 bits per heavy atom. The minimum absolute atomic E-state index is 0.0291. The highest BCUT2D eigenvalue weighted by atomic mass is 16.3. The van der Waals surface area contributed by atoms with Crippen molar-refractivity contribution in [1.29, 1.82) is 0 Å². The first-order valence-electron chi connectivity index (χ1n) is 4.13. The van der Waals surface area contributed by atoms with E-state index in [9.17, 15) is 5.11 Å². The molecule has 4 nitrogen and oxygen atoms in total. The summed E-state index contributed by atoms with van der Waals surface area (Å²) in [6, 6.07) is 6.85. The number of benzene rings is 1. The molecule has 1 unspecified atom stereocenters. The Morgan fingerprint density at radius 2 is 2.08 bits per heavy atom. The van der Waals surface area contributed by atoms with Gasteiger partial charge in [0.15, 0.2) is 0 Å². The van der Waals surface area contributed by atoms with Crippen molar-refractivity contribution in [2.24, 2.45) is 5.73 Å². The Bertz CT molecular complexity index is 266. The molecule has 1 aromatic carbocycles. The molecule has 1 atom stereocenters. The molecule has 0 amide bonds.